The summed E-state index contributed by atoms with van der Waals surface area (Å²) in [5, 5.41) is 0.233. The highest BCUT2D eigenvalue weighted by molar-refractivity contribution is 6.31. The minimum atomic E-state index is -0.349. The van der Waals surface area contributed by atoms with Crippen molar-refractivity contribution in [2.24, 2.45) is 17.6 Å². The van der Waals surface area contributed by atoms with Crippen LogP contribution in [0.1, 0.15) is 38.2 Å². The lowest BCUT2D eigenvalue weighted by Gasteiger charge is -2.31. The van der Waals surface area contributed by atoms with Crippen LogP contribution in [0.2, 0.25) is 5.02 Å². The van der Waals surface area contributed by atoms with Gasteiger partial charge in [0.15, 0.2) is 0 Å². The highest BCUT2D eigenvalue weighted by Gasteiger charge is 2.25. The Bertz CT molecular complexity index is 407. The minimum Gasteiger partial charge on any atom is -0.327 e. The van der Waals surface area contributed by atoms with Crippen LogP contribution in [-0.4, -0.2) is 6.04 Å². The number of hydrogen-bond acceptors (Lipinski definition) is 1. The second-order valence-corrected chi connectivity index (χ2v) is 5.99. The fraction of sp³-hybridized carbons (Fsp3) is 0.600. The quantitative estimate of drug-likeness (QED) is 0.875. The predicted octanol–water partition coefficient (Wildman–Crippen LogP) is 4.18. The molecule has 1 aliphatic rings. The van der Waals surface area contributed by atoms with Crippen molar-refractivity contribution in [1.29, 1.82) is 0 Å². The molecule has 0 aliphatic heterocycles. The van der Waals surface area contributed by atoms with Crippen molar-refractivity contribution >= 4 is 11.6 Å². The van der Waals surface area contributed by atoms with Crippen LogP contribution in [0.3, 0.4) is 0 Å². The second-order valence-electron chi connectivity index (χ2n) is 5.61. The van der Waals surface area contributed by atoms with Crippen molar-refractivity contribution in [3.05, 3.63) is 34.6 Å². The van der Waals surface area contributed by atoms with E-state index in [0.29, 0.717) is 12.3 Å². The lowest BCUT2D eigenvalue weighted by molar-refractivity contribution is 0.245. The summed E-state index contributed by atoms with van der Waals surface area (Å²) in [6.07, 6.45) is 5.63. The number of nitrogens with two attached hydrogens (primary N) is 1. The van der Waals surface area contributed by atoms with Crippen molar-refractivity contribution in [2.45, 2.75) is 45.1 Å². The monoisotopic (exact) mass is 269 g/mol. The Morgan fingerprint density at radius 3 is 2.94 bits per heavy atom. The molecule has 1 saturated carbocycles. The predicted molar refractivity (Wildman–Crippen MR) is 74.2 cm³/mol. The van der Waals surface area contributed by atoms with Gasteiger partial charge in [0.1, 0.15) is 5.82 Å². The molecule has 1 aromatic rings. The van der Waals surface area contributed by atoms with Gasteiger partial charge in [0, 0.05) is 6.04 Å². The molecule has 2 rings (SSSR count). The van der Waals surface area contributed by atoms with Crippen molar-refractivity contribution in [1.82, 2.24) is 0 Å². The van der Waals surface area contributed by atoms with Crippen LogP contribution < -0.4 is 5.73 Å². The normalized spacial score (nSPS) is 26.0. The second kappa shape index (κ2) is 6.03. The summed E-state index contributed by atoms with van der Waals surface area (Å²) in [6, 6.07) is 5.05. The molecular weight excluding hydrogens is 249 g/mol. The van der Waals surface area contributed by atoms with E-state index in [0.717, 1.165) is 11.5 Å². The molecule has 3 heteroatoms. The van der Waals surface area contributed by atoms with E-state index in [4.69, 9.17) is 17.3 Å². The minimum absolute atomic E-state index is 0.0899. The molecule has 0 aromatic heterocycles. The zero-order valence-corrected chi connectivity index (χ0v) is 11.6. The van der Waals surface area contributed by atoms with Crippen LogP contribution in [0.4, 0.5) is 4.39 Å². The zero-order valence-electron chi connectivity index (χ0n) is 10.8. The van der Waals surface area contributed by atoms with Crippen LogP contribution in [-0.2, 0) is 6.42 Å². The molecule has 1 aliphatic carbocycles. The van der Waals surface area contributed by atoms with E-state index in [-0.39, 0.29) is 16.9 Å². The molecule has 1 nitrogen and oxygen atoms in total. The number of hydrogen-bond donors (Lipinski definition) is 1. The maximum absolute atomic E-state index is 13.4. The molecule has 1 fully saturated rings. The fourth-order valence-electron chi connectivity index (χ4n) is 3.00. The van der Waals surface area contributed by atoms with Crippen LogP contribution >= 0.6 is 11.6 Å². The molecule has 3 unspecified atom stereocenters. The third kappa shape index (κ3) is 3.24. The first-order valence-corrected chi connectivity index (χ1v) is 7.14. The number of halogens is 2. The molecule has 0 spiro atoms. The van der Waals surface area contributed by atoms with Gasteiger partial charge in [0.05, 0.1) is 5.02 Å². The van der Waals surface area contributed by atoms with E-state index in [1.165, 1.54) is 31.7 Å². The average Bonchev–Trinajstić information content (AvgIpc) is 2.35. The summed E-state index contributed by atoms with van der Waals surface area (Å²) >= 11 is 5.97. The molecule has 0 bridgehead atoms. The Labute approximate surface area is 114 Å². The molecule has 0 heterocycles. The van der Waals surface area contributed by atoms with Gasteiger partial charge >= 0.3 is 0 Å². The summed E-state index contributed by atoms with van der Waals surface area (Å²) in [5.41, 5.74) is 7.12. The maximum atomic E-state index is 13.4. The van der Waals surface area contributed by atoms with Crippen molar-refractivity contribution in [2.75, 3.05) is 0 Å². The summed E-state index contributed by atoms with van der Waals surface area (Å²) in [7, 11) is 0. The molecule has 2 N–H and O–H groups in total. The van der Waals surface area contributed by atoms with Gasteiger partial charge in [-0.3, -0.25) is 0 Å². The van der Waals surface area contributed by atoms with E-state index in [1.807, 2.05) is 6.07 Å². The summed E-state index contributed by atoms with van der Waals surface area (Å²) in [4.78, 5) is 0. The van der Waals surface area contributed by atoms with E-state index >= 15 is 0 Å². The first kappa shape index (κ1) is 13.8. The molecule has 3 atom stereocenters. The van der Waals surface area contributed by atoms with Crippen LogP contribution in [0.25, 0.3) is 0 Å². The molecular formula is C15H21ClFN. The van der Waals surface area contributed by atoms with E-state index < -0.39 is 0 Å². The Morgan fingerprint density at radius 2 is 2.22 bits per heavy atom. The van der Waals surface area contributed by atoms with E-state index in [2.05, 4.69) is 6.92 Å². The van der Waals surface area contributed by atoms with E-state index in [9.17, 15) is 4.39 Å². The van der Waals surface area contributed by atoms with Crippen LogP contribution in [0.15, 0.2) is 18.2 Å². The topological polar surface area (TPSA) is 26.0 Å². The van der Waals surface area contributed by atoms with Crippen molar-refractivity contribution in [3.8, 4) is 0 Å². The lowest BCUT2D eigenvalue weighted by atomic mass is 9.77. The van der Waals surface area contributed by atoms with Crippen molar-refractivity contribution < 1.29 is 4.39 Å². The maximum Gasteiger partial charge on any atom is 0.142 e. The molecule has 100 valence electrons. The third-order valence-electron chi connectivity index (χ3n) is 4.07. The van der Waals surface area contributed by atoms with Crippen molar-refractivity contribution in [3.63, 3.8) is 0 Å². The standard InChI is InChI=1S/C15H21ClFN/c1-10-4-2-5-11(8-10)14(18)9-12-6-3-7-13(17)15(12)16/h3,6-7,10-11,14H,2,4-5,8-9,18H2,1H3. The van der Waals surface area contributed by atoms with Gasteiger partial charge < -0.3 is 5.73 Å². The first-order chi connectivity index (χ1) is 8.58. The molecule has 0 amide bonds. The largest absolute Gasteiger partial charge is 0.327 e. The lowest BCUT2D eigenvalue weighted by Crippen LogP contribution is -2.35. The van der Waals surface area contributed by atoms with E-state index in [1.54, 1.807) is 6.07 Å². The van der Waals surface area contributed by atoms with Gasteiger partial charge in [-0.25, -0.2) is 4.39 Å². The van der Waals surface area contributed by atoms with Gasteiger partial charge in [0.2, 0.25) is 0 Å². The summed E-state index contributed by atoms with van der Waals surface area (Å²) in [5.74, 6) is 0.962. The Kier molecular flexibility index (Phi) is 4.63. The fourth-order valence-corrected chi connectivity index (χ4v) is 3.20. The van der Waals surface area contributed by atoms with Gasteiger partial charge in [-0.1, -0.05) is 43.5 Å². The third-order valence-corrected chi connectivity index (χ3v) is 4.49. The summed E-state index contributed by atoms with van der Waals surface area (Å²) < 4.78 is 13.4. The first-order valence-electron chi connectivity index (χ1n) is 6.76. The molecule has 0 saturated heterocycles. The van der Waals surface area contributed by atoms with Crippen LogP contribution in [0, 0.1) is 17.7 Å². The number of benzene rings is 1. The molecule has 1 aromatic carbocycles. The smallest absolute Gasteiger partial charge is 0.142 e. The Balaban J connectivity index is 2.02. The Hall–Kier alpha value is -0.600. The summed E-state index contributed by atoms with van der Waals surface area (Å²) in [6.45, 7) is 2.29. The average molecular weight is 270 g/mol. The molecule has 18 heavy (non-hydrogen) atoms. The van der Waals surface area contributed by atoms with Gasteiger partial charge in [-0.2, -0.15) is 0 Å². The highest BCUT2D eigenvalue weighted by atomic mass is 35.5. The molecule has 0 radical (unpaired) electrons. The SMILES string of the molecule is CC1CCCC(C(N)Cc2cccc(F)c2Cl)C1. The van der Waals surface area contributed by atoms with Gasteiger partial charge in [-0.15, -0.1) is 0 Å². The zero-order chi connectivity index (χ0) is 13.1. The van der Waals surface area contributed by atoms with Gasteiger partial charge in [-0.05, 0) is 42.7 Å². The Morgan fingerprint density at radius 1 is 1.44 bits per heavy atom. The highest BCUT2D eigenvalue weighted by Crippen LogP contribution is 2.32. The van der Waals surface area contributed by atoms with Gasteiger partial charge in [0.25, 0.3) is 0 Å². The van der Waals surface area contributed by atoms with Crippen LogP contribution in [0.5, 0.6) is 0 Å². The number of rotatable bonds is 3.